The normalized spacial score (nSPS) is 11.1. The van der Waals surface area contributed by atoms with E-state index in [4.69, 9.17) is 6.57 Å². The molecule has 0 aliphatic rings. The van der Waals surface area contributed by atoms with Crippen molar-refractivity contribution in [3.63, 3.8) is 0 Å². The van der Waals surface area contributed by atoms with Crippen molar-refractivity contribution in [1.82, 2.24) is 0 Å². The monoisotopic (exact) mass is 402 g/mol. The molecule has 2 nitrogen and oxygen atoms in total. The first kappa shape index (κ1) is 15.2. The van der Waals surface area contributed by atoms with Gasteiger partial charge in [0.05, 0.1) is 15.9 Å². The molecule has 0 bridgehead atoms. The van der Waals surface area contributed by atoms with E-state index in [9.17, 15) is 5.26 Å². The molecule has 0 aromatic carbocycles. The van der Waals surface area contributed by atoms with Crippen LogP contribution in [-0.2, 0) is 0 Å². The fraction of sp³-hybridized carbons (Fsp3) is 0. The van der Waals surface area contributed by atoms with Gasteiger partial charge in [0.15, 0.2) is 0 Å². The zero-order valence-corrected chi connectivity index (χ0v) is 15.1. The molecule has 0 aliphatic carbocycles. The lowest BCUT2D eigenvalue weighted by Gasteiger charge is -1.93. The van der Waals surface area contributed by atoms with Crippen LogP contribution in [0, 0.1) is 17.9 Å². The fourth-order valence-electron chi connectivity index (χ4n) is 1.84. The number of allylic oxidation sites excluding steroid dienone is 1. The van der Waals surface area contributed by atoms with Gasteiger partial charge in [-0.3, -0.25) is 0 Å². The minimum absolute atomic E-state index is 0.598. The molecule has 3 aromatic rings. The molecule has 0 atom stereocenters. The van der Waals surface area contributed by atoms with Crippen LogP contribution in [0.3, 0.4) is 0 Å². The van der Waals surface area contributed by atoms with Crippen LogP contribution in [0.1, 0.15) is 9.75 Å². The molecule has 3 rings (SSSR count). The highest BCUT2D eigenvalue weighted by Crippen LogP contribution is 2.37. The van der Waals surface area contributed by atoms with Crippen LogP contribution >= 0.6 is 49.9 Å². The molecule has 3 heterocycles. The maximum atomic E-state index is 9.36. The first-order valence-electron chi connectivity index (χ1n) is 6.14. The Bertz CT molecular complexity index is 931. The van der Waals surface area contributed by atoms with E-state index in [0.717, 1.165) is 13.5 Å². The Morgan fingerprint density at radius 2 is 1.86 bits per heavy atom. The lowest BCUT2D eigenvalue weighted by atomic mass is 10.2. The second-order valence-electron chi connectivity index (χ2n) is 4.23. The van der Waals surface area contributed by atoms with Gasteiger partial charge in [0.1, 0.15) is 6.07 Å². The summed E-state index contributed by atoms with van der Waals surface area (Å²) in [6, 6.07) is 14.0. The summed E-state index contributed by atoms with van der Waals surface area (Å²) in [5.41, 5.74) is 0.598. The molecule has 0 unspecified atom stereocenters. The van der Waals surface area contributed by atoms with Crippen LogP contribution in [0.4, 0.5) is 5.00 Å². The summed E-state index contributed by atoms with van der Waals surface area (Å²) in [7, 11) is 0. The molecule has 0 aliphatic heterocycles. The number of rotatable bonds is 3. The van der Waals surface area contributed by atoms with Crippen LogP contribution in [0.5, 0.6) is 0 Å². The first-order valence-corrected chi connectivity index (χ1v) is 9.39. The van der Waals surface area contributed by atoms with Crippen molar-refractivity contribution in [3.8, 4) is 15.8 Å². The SMILES string of the molecule is [C-]#[N+]c1ccc(/C(C#N)=C/c2ccc(-c3ccc(Br)s3)s2)s1. The molecule has 0 N–H and O–H groups in total. The van der Waals surface area contributed by atoms with Crippen LogP contribution in [-0.4, -0.2) is 0 Å². The Balaban J connectivity index is 1.92. The Kier molecular flexibility index (Phi) is 4.56. The number of nitrogens with zero attached hydrogens (tertiary/aromatic N) is 2. The van der Waals surface area contributed by atoms with Crippen molar-refractivity contribution in [3.05, 3.63) is 61.4 Å². The zero-order valence-electron chi connectivity index (χ0n) is 11.0. The third kappa shape index (κ3) is 3.21. The average Bonchev–Trinajstić information content (AvgIpc) is 3.24. The summed E-state index contributed by atoms with van der Waals surface area (Å²) >= 11 is 8.17. The highest BCUT2D eigenvalue weighted by molar-refractivity contribution is 9.11. The maximum Gasteiger partial charge on any atom is 0.241 e. The molecular formula is C16H7BrN2S3. The minimum atomic E-state index is 0.598. The minimum Gasteiger partial charge on any atom is -0.227 e. The molecule has 0 spiro atoms. The summed E-state index contributed by atoms with van der Waals surface area (Å²) in [5.74, 6) is 0. The molecule has 0 radical (unpaired) electrons. The third-order valence-corrected chi connectivity index (χ3v) is 6.68. The number of hydrogen-bond acceptors (Lipinski definition) is 4. The molecule has 3 aromatic heterocycles. The third-order valence-electron chi connectivity index (χ3n) is 2.82. The molecule has 0 fully saturated rings. The van der Waals surface area contributed by atoms with Crippen molar-refractivity contribution in [2.45, 2.75) is 0 Å². The highest BCUT2D eigenvalue weighted by atomic mass is 79.9. The quantitative estimate of drug-likeness (QED) is 0.345. The van der Waals surface area contributed by atoms with E-state index in [0.29, 0.717) is 10.6 Å². The van der Waals surface area contributed by atoms with Gasteiger partial charge in [0, 0.05) is 19.5 Å². The second-order valence-corrected chi connectivity index (χ2v) is 8.87. The van der Waals surface area contributed by atoms with Crippen molar-refractivity contribution < 1.29 is 0 Å². The van der Waals surface area contributed by atoms with Crippen molar-refractivity contribution >= 4 is 66.6 Å². The van der Waals surface area contributed by atoms with Gasteiger partial charge >= 0.3 is 0 Å². The number of halogens is 1. The topological polar surface area (TPSA) is 28.1 Å². The number of thiophene rings is 3. The van der Waals surface area contributed by atoms with E-state index in [1.807, 2.05) is 24.3 Å². The Labute approximate surface area is 148 Å². The van der Waals surface area contributed by atoms with Crippen LogP contribution in [0.25, 0.3) is 26.2 Å². The lowest BCUT2D eigenvalue weighted by Crippen LogP contribution is -1.72. The van der Waals surface area contributed by atoms with E-state index >= 15 is 0 Å². The smallest absolute Gasteiger partial charge is 0.227 e. The van der Waals surface area contributed by atoms with Crippen molar-refractivity contribution in [1.29, 1.82) is 5.26 Å². The highest BCUT2D eigenvalue weighted by Gasteiger charge is 2.08. The second kappa shape index (κ2) is 6.60. The largest absolute Gasteiger partial charge is 0.241 e. The Hall–Kier alpha value is -1.70. The van der Waals surface area contributed by atoms with E-state index in [-0.39, 0.29) is 0 Å². The molecule has 106 valence electrons. The van der Waals surface area contributed by atoms with Gasteiger partial charge in [-0.1, -0.05) is 6.07 Å². The van der Waals surface area contributed by atoms with E-state index in [2.05, 4.69) is 39.0 Å². The predicted molar refractivity (Wildman–Crippen MR) is 99.4 cm³/mol. The van der Waals surface area contributed by atoms with E-state index in [1.54, 1.807) is 28.7 Å². The summed E-state index contributed by atoms with van der Waals surface area (Å²) < 4.78 is 1.11. The van der Waals surface area contributed by atoms with Crippen LogP contribution in [0.15, 0.2) is 40.2 Å². The molecule has 0 saturated carbocycles. The average molecular weight is 403 g/mol. The standard InChI is InChI=1S/C16H7BrN2S3/c1-19-16-7-5-12(22-16)10(9-18)8-11-2-3-13(20-11)14-4-6-15(17)21-14/h2-8H/b10-8+. The molecule has 0 saturated heterocycles. The molecular weight excluding hydrogens is 396 g/mol. The summed E-state index contributed by atoms with van der Waals surface area (Å²) in [4.78, 5) is 7.66. The zero-order chi connectivity index (χ0) is 15.5. The number of nitriles is 1. The number of hydrogen-bond donors (Lipinski definition) is 0. The van der Waals surface area contributed by atoms with Gasteiger partial charge in [-0.05, 0) is 52.3 Å². The van der Waals surface area contributed by atoms with E-state index in [1.165, 1.54) is 21.1 Å². The van der Waals surface area contributed by atoms with Gasteiger partial charge < -0.3 is 0 Å². The van der Waals surface area contributed by atoms with Crippen molar-refractivity contribution in [2.24, 2.45) is 0 Å². The molecule has 6 heteroatoms. The molecule has 22 heavy (non-hydrogen) atoms. The van der Waals surface area contributed by atoms with Gasteiger partial charge in [0.2, 0.25) is 5.00 Å². The summed E-state index contributed by atoms with van der Waals surface area (Å²) in [6.45, 7) is 7.01. The predicted octanol–water partition coefficient (Wildman–Crippen LogP) is 6.92. The maximum absolute atomic E-state index is 9.36. The lowest BCUT2D eigenvalue weighted by molar-refractivity contribution is 1.54. The first-order chi connectivity index (χ1) is 10.7. The summed E-state index contributed by atoms with van der Waals surface area (Å²) in [5, 5.41) is 9.96. The van der Waals surface area contributed by atoms with Gasteiger partial charge in [0.25, 0.3) is 0 Å². The van der Waals surface area contributed by atoms with Gasteiger partial charge in [-0.15, -0.1) is 22.7 Å². The van der Waals surface area contributed by atoms with Crippen molar-refractivity contribution in [2.75, 3.05) is 0 Å². The van der Waals surface area contributed by atoms with Crippen LogP contribution in [0.2, 0.25) is 0 Å². The van der Waals surface area contributed by atoms with Crippen LogP contribution < -0.4 is 0 Å². The van der Waals surface area contributed by atoms with E-state index < -0.39 is 0 Å². The van der Waals surface area contributed by atoms with Gasteiger partial charge in [-0.2, -0.15) is 16.6 Å². The fourth-order valence-corrected chi connectivity index (χ4v) is 5.03. The summed E-state index contributed by atoms with van der Waals surface area (Å²) in [6.07, 6.45) is 1.89. The molecule has 0 amide bonds. The Morgan fingerprint density at radius 1 is 1.09 bits per heavy atom. The van der Waals surface area contributed by atoms with Gasteiger partial charge in [-0.25, -0.2) is 4.85 Å². The Morgan fingerprint density at radius 3 is 2.50 bits per heavy atom.